The fraction of sp³-hybridized carbons (Fsp3) is 0.429. The molecular formula is C21H25N3O3S2. The first-order valence-electron chi connectivity index (χ1n) is 10.0. The molecule has 2 saturated heterocycles. The number of carbonyl (C=O) groups excluding carboxylic acids is 1. The number of aromatic nitrogens is 1. The summed E-state index contributed by atoms with van der Waals surface area (Å²) in [5.41, 5.74) is 0.935. The van der Waals surface area contributed by atoms with E-state index >= 15 is 0 Å². The van der Waals surface area contributed by atoms with Gasteiger partial charge in [-0.15, -0.1) is 0 Å². The van der Waals surface area contributed by atoms with Gasteiger partial charge in [-0.1, -0.05) is 42.1 Å². The van der Waals surface area contributed by atoms with Gasteiger partial charge in [0.2, 0.25) is 15.9 Å². The van der Waals surface area contributed by atoms with Crippen molar-refractivity contribution in [2.75, 3.05) is 26.2 Å². The van der Waals surface area contributed by atoms with Crippen LogP contribution >= 0.6 is 11.8 Å². The normalized spacial score (nSPS) is 18.8. The molecular weight excluding hydrogens is 406 g/mol. The van der Waals surface area contributed by atoms with Gasteiger partial charge in [0.25, 0.3) is 0 Å². The first kappa shape index (κ1) is 20.4. The molecule has 6 nitrogen and oxygen atoms in total. The van der Waals surface area contributed by atoms with Gasteiger partial charge in [0.15, 0.2) is 0 Å². The minimum absolute atomic E-state index is 0.0919. The first-order chi connectivity index (χ1) is 14.1. The molecule has 0 bridgehead atoms. The van der Waals surface area contributed by atoms with Crippen LogP contribution in [0.15, 0.2) is 58.6 Å². The standard InChI is InChI=1S/C21H25N3O3S2/c25-21(23-12-4-5-13-23)20(17-8-2-1-3-9-17)28-19-11-10-18(16-22-19)29(26,27)24-14-6-7-15-24/h1-3,8-11,16,20H,4-7,12-15H2. The van der Waals surface area contributed by atoms with Crippen LogP contribution in [0.25, 0.3) is 0 Å². The molecule has 0 spiro atoms. The Morgan fingerprint density at radius 3 is 2.21 bits per heavy atom. The fourth-order valence-corrected chi connectivity index (χ4v) is 6.29. The zero-order valence-corrected chi connectivity index (χ0v) is 17.9. The van der Waals surface area contributed by atoms with Crippen molar-refractivity contribution in [1.29, 1.82) is 0 Å². The van der Waals surface area contributed by atoms with Crippen LogP contribution in [0.5, 0.6) is 0 Å². The van der Waals surface area contributed by atoms with Crippen molar-refractivity contribution in [2.45, 2.75) is 40.9 Å². The summed E-state index contributed by atoms with van der Waals surface area (Å²) in [5.74, 6) is 0.0919. The first-order valence-corrected chi connectivity index (χ1v) is 12.3. The molecule has 1 aromatic carbocycles. The lowest BCUT2D eigenvalue weighted by Crippen LogP contribution is -2.31. The van der Waals surface area contributed by atoms with Crippen molar-refractivity contribution in [1.82, 2.24) is 14.2 Å². The van der Waals surface area contributed by atoms with E-state index in [9.17, 15) is 13.2 Å². The average molecular weight is 432 g/mol. The highest BCUT2D eigenvalue weighted by Crippen LogP contribution is 2.37. The van der Waals surface area contributed by atoms with Crippen LogP contribution in [0, 0.1) is 0 Å². The summed E-state index contributed by atoms with van der Waals surface area (Å²) in [6, 6.07) is 13.0. The molecule has 0 N–H and O–H groups in total. The smallest absolute Gasteiger partial charge is 0.244 e. The monoisotopic (exact) mass is 431 g/mol. The Bertz CT molecular complexity index is 937. The minimum atomic E-state index is -3.48. The van der Waals surface area contributed by atoms with Gasteiger partial charge in [-0.3, -0.25) is 4.79 Å². The number of carbonyl (C=O) groups is 1. The molecule has 0 aliphatic carbocycles. The molecule has 1 aromatic heterocycles. The quantitative estimate of drug-likeness (QED) is 0.656. The Labute approximate surface area is 176 Å². The Morgan fingerprint density at radius 1 is 0.931 bits per heavy atom. The molecule has 4 rings (SSSR count). The van der Waals surface area contributed by atoms with Crippen LogP contribution in [0.1, 0.15) is 36.5 Å². The largest absolute Gasteiger partial charge is 0.341 e. The molecule has 2 fully saturated rings. The zero-order chi connectivity index (χ0) is 20.3. The van der Waals surface area contributed by atoms with E-state index < -0.39 is 10.0 Å². The van der Waals surface area contributed by atoms with Gasteiger partial charge >= 0.3 is 0 Å². The second-order valence-corrected chi connectivity index (χ2v) is 10.4. The van der Waals surface area contributed by atoms with Crippen molar-refractivity contribution in [2.24, 2.45) is 0 Å². The summed E-state index contributed by atoms with van der Waals surface area (Å²) >= 11 is 1.38. The Morgan fingerprint density at radius 2 is 1.59 bits per heavy atom. The number of amides is 1. The van der Waals surface area contributed by atoms with E-state index in [1.807, 2.05) is 35.2 Å². The lowest BCUT2D eigenvalue weighted by atomic mass is 10.1. The number of pyridine rings is 1. The van der Waals surface area contributed by atoms with Gasteiger partial charge in [0.05, 0.1) is 5.03 Å². The topological polar surface area (TPSA) is 70.6 Å². The predicted octanol–water partition coefficient (Wildman–Crippen LogP) is 3.32. The van der Waals surface area contributed by atoms with Crippen LogP contribution < -0.4 is 0 Å². The number of hydrogen-bond acceptors (Lipinski definition) is 5. The van der Waals surface area contributed by atoms with Gasteiger partial charge in [-0.2, -0.15) is 4.31 Å². The molecule has 0 saturated carbocycles. The molecule has 2 aromatic rings. The predicted molar refractivity (Wildman–Crippen MR) is 113 cm³/mol. The number of hydrogen-bond donors (Lipinski definition) is 0. The number of likely N-dealkylation sites (tertiary alicyclic amines) is 1. The Hall–Kier alpha value is -1.90. The Kier molecular flexibility index (Phi) is 6.22. The summed E-state index contributed by atoms with van der Waals surface area (Å²) < 4.78 is 26.9. The lowest BCUT2D eigenvalue weighted by molar-refractivity contribution is -0.129. The van der Waals surface area contributed by atoms with E-state index in [1.165, 1.54) is 22.3 Å². The summed E-state index contributed by atoms with van der Waals surface area (Å²) in [7, 11) is -3.48. The van der Waals surface area contributed by atoms with E-state index in [0.29, 0.717) is 18.1 Å². The number of sulfonamides is 1. The SMILES string of the molecule is O=C(C(Sc1ccc(S(=O)(=O)N2CCCC2)cn1)c1ccccc1)N1CCCC1. The third kappa shape index (κ3) is 4.49. The summed E-state index contributed by atoms with van der Waals surface area (Å²) in [4.78, 5) is 19.6. The van der Waals surface area contributed by atoms with E-state index in [-0.39, 0.29) is 16.1 Å². The van der Waals surface area contributed by atoms with Gasteiger partial charge in [-0.25, -0.2) is 13.4 Å². The van der Waals surface area contributed by atoms with Crippen LogP contribution in [0.2, 0.25) is 0 Å². The maximum Gasteiger partial charge on any atom is 0.244 e. The van der Waals surface area contributed by atoms with Crippen molar-refractivity contribution in [3.63, 3.8) is 0 Å². The highest BCUT2D eigenvalue weighted by atomic mass is 32.2. The van der Waals surface area contributed by atoms with Gasteiger partial charge < -0.3 is 4.90 Å². The van der Waals surface area contributed by atoms with Crippen molar-refractivity contribution >= 4 is 27.7 Å². The third-order valence-electron chi connectivity index (χ3n) is 5.39. The molecule has 1 unspecified atom stereocenters. The number of benzene rings is 1. The van der Waals surface area contributed by atoms with E-state index in [1.54, 1.807) is 12.1 Å². The van der Waals surface area contributed by atoms with Crippen LogP contribution in [-0.4, -0.2) is 54.7 Å². The molecule has 0 radical (unpaired) electrons. The molecule has 2 aliphatic rings. The second-order valence-electron chi connectivity index (χ2n) is 7.38. The third-order valence-corrected chi connectivity index (χ3v) is 8.47. The van der Waals surface area contributed by atoms with Crippen LogP contribution in [-0.2, 0) is 14.8 Å². The molecule has 29 heavy (non-hydrogen) atoms. The molecule has 1 amide bonds. The highest BCUT2D eigenvalue weighted by Gasteiger charge is 2.30. The number of rotatable bonds is 6. The molecule has 8 heteroatoms. The minimum Gasteiger partial charge on any atom is -0.341 e. The van der Waals surface area contributed by atoms with Crippen molar-refractivity contribution in [3.05, 3.63) is 54.2 Å². The fourth-order valence-electron chi connectivity index (χ4n) is 3.78. The Balaban J connectivity index is 1.55. The molecule has 3 heterocycles. The summed E-state index contributed by atoms with van der Waals surface area (Å²) in [6.07, 6.45) is 5.30. The lowest BCUT2D eigenvalue weighted by Gasteiger charge is -2.23. The number of nitrogens with zero attached hydrogens (tertiary/aromatic N) is 3. The van der Waals surface area contributed by atoms with E-state index in [0.717, 1.165) is 44.3 Å². The van der Waals surface area contributed by atoms with E-state index in [2.05, 4.69) is 4.98 Å². The molecule has 1 atom stereocenters. The van der Waals surface area contributed by atoms with Gasteiger partial charge in [0, 0.05) is 32.4 Å². The average Bonchev–Trinajstić information content (AvgIpc) is 3.47. The maximum absolute atomic E-state index is 13.1. The molecule has 154 valence electrons. The van der Waals surface area contributed by atoms with Crippen LogP contribution in [0.3, 0.4) is 0 Å². The highest BCUT2D eigenvalue weighted by molar-refractivity contribution is 8.00. The van der Waals surface area contributed by atoms with Gasteiger partial charge in [-0.05, 0) is 43.4 Å². The molecule has 2 aliphatic heterocycles. The second kappa shape index (κ2) is 8.85. The zero-order valence-electron chi connectivity index (χ0n) is 16.2. The summed E-state index contributed by atoms with van der Waals surface area (Å²) in [5, 5.41) is 0.259. The maximum atomic E-state index is 13.1. The number of thioether (sulfide) groups is 1. The van der Waals surface area contributed by atoms with Gasteiger partial charge in [0.1, 0.15) is 10.1 Å². The summed E-state index contributed by atoms with van der Waals surface area (Å²) in [6.45, 7) is 2.73. The van der Waals surface area contributed by atoms with Crippen LogP contribution in [0.4, 0.5) is 0 Å². The van der Waals surface area contributed by atoms with Crippen molar-refractivity contribution in [3.8, 4) is 0 Å². The van der Waals surface area contributed by atoms with Crippen molar-refractivity contribution < 1.29 is 13.2 Å². The van der Waals surface area contributed by atoms with E-state index in [4.69, 9.17) is 0 Å².